The van der Waals surface area contributed by atoms with Crippen molar-refractivity contribution in [2.24, 2.45) is 5.41 Å². The predicted octanol–water partition coefficient (Wildman–Crippen LogP) is 2.35. The first-order chi connectivity index (χ1) is 11.7. The van der Waals surface area contributed by atoms with E-state index in [0.717, 1.165) is 24.7 Å². The van der Waals surface area contributed by atoms with Crippen molar-refractivity contribution in [3.05, 3.63) is 23.8 Å². The van der Waals surface area contributed by atoms with Gasteiger partial charge in [0.25, 0.3) is 0 Å². The number of likely N-dealkylation sites (tertiary alicyclic amines) is 2. The molecule has 1 unspecified atom stereocenters. The molecule has 0 N–H and O–H groups in total. The Morgan fingerprint density at radius 1 is 1.21 bits per heavy atom. The van der Waals surface area contributed by atoms with Crippen molar-refractivity contribution in [3.8, 4) is 11.5 Å². The van der Waals surface area contributed by atoms with Crippen LogP contribution in [0.3, 0.4) is 0 Å². The number of methoxy groups -OCH3 is 1. The van der Waals surface area contributed by atoms with Gasteiger partial charge in [-0.3, -0.25) is 4.90 Å². The van der Waals surface area contributed by atoms with Gasteiger partial charge in [0.2, 0.25) is 6.79 Å². The number of nitrogens with zero attached hydrogens (tertiary/aromatic N) is 2. The lowest BCUT2D eigenvalue weighted by Crippen LogP contribution is -2.40. The molecular weight excluding hydrogens is 304 g/mol. The topological polar surface area (TPSA) is 34.2 Å². The Bertz CT molecular complexity index is 584. The minimum atomic E-state index is 0.348. The highest BCUT2D eigenvalue weighted by Crippen LogP contribution is 2.43. The molecule has 4 rings (SSSR count). The molecule has 3 aliphatic heterocycles. The molecule has 1 atom stereocenters. The van der Waals surface area contributed by atoms with Gasteiger partial charge in [0, 0.05) is 26.2 Å². The normalized spacial score (nSPS) is 26.3. The Balaban J connectivity index is 1.33. The largest absolute Gasteiger partial charge is 0.454 e. The Labute approximate surface area is 144 Å². The second-order valence-electron chi connectivity index (χ2n) is 7.69. The number of benzene rings is 1. The summed E-state index contributed by atoms with van der Waals surface area (Å²) in [5.41, 5.74) is 1.82. The summed E-state index contributed by atoms with van der Waals surface area (Å²) in [6.07, 6.45) is 3.87. The third-order valence-corrected chi connectivity index (χ3v) is 6.00. The van der Waals surface area contributed by atoms with Gasteiger partial charge < -0.3 is 19.1 Å². The van der Waals surface area contributed by atoms with Gasteiger partial charge in [-0.05, 0) is 62.5 Å². The van der Waals surface area contributed by atoms with E-state index in [1.165, 1.54) is 44.5 Å². The molecule has 0 radical (unpaired) electrons. The number of piperidine rings is 1. The molecule has 3 aliphatic rings. The van der Waals surface area contributed by atoms with Crippen LogP contribution >= 0.6 is 0 Å². The summed E-state index contributed by atoms with van der Waals surface area (Å²) in [7, 11) is 4.06. The fourth-order valence-electron chi connectivity index (χ4n) is 4.60. The molecule has 1 aromatic rings. The Morgan fingerprint density at radius 3 is 2.79 bits per heavy atom. The molecule has 1 aromatic carbocycles. The molecule has 2 fully saturated rings. The molecule has 1 spiro atoms. The molecule has 2 saturated heterocycles. The number of likely N-dealkylation sites (N-methyl/N-ethyl adjacent to an activating group) is 1. The van der Waals surface area contributed by atoms with Gasteiger partial charge in [0.15, 0.2) is 11.5 Å². The predicted molar refractivity (Wildman–Crippen MR) is 92.4 cm³/mol. The molecule has 3 heterocycles. The lowest BCUT2D eigenvalue weighted by Gasteiger charge is -2.39. The van der Waals surface area contributed by atoms with E-state index in [1.807, 2.05) is 13.2 Å². The molecule has 0 aliphatic carbocycles. The van der Waals surface area contributed by atoms with Crippen LogP contribution in [0.4, 0.5) is 0 Å². The van der Waals surface area contributed by atoms with Crippen LogP contribution in [0.5, 0.6) is 11.5 Å². The zero-order chi connectivity index (χ0) is 16.6. The van der Waals surface area contributed by atoms with Crippen LogP contribution in [0.2, 0.25) is 0 Å². The van der Waals surface area contributed by atoms with Crippen molar-refractivity contribution in [1.82, 2.24) is 9.80 Å². The van der Waals surface area contributed by atoms with Crippen LogP contribution in [0.1, 0.15) is 24.8 Å². The highest BCUT2D eigenvalue weighted by molar-refractivity contribution is 5.44. The van der Waals surface area contributed by atoms with Crippen molar-refractivity contribution in [2.45, 2.75) is 31.8 Å². The molecule has 0 amide bonds. The van der Waals surface area contributed by atoms with Gasteiger partial charge in [-0.25, -0.2) is 0 Å². The fraction of sp³-hybridized carbons (Fsp3) is 0.684. The van der Waals surface area contributed by atoms with Crippen LogP contribution in [0, 0.1) is 5.41 Å². The summed E-state index contributed by atoms with van der Waals surface area (Å²) in [4.78, 5) is 5.07. The van der Waals surface area contributed by atoms with E-state index in [1.54, 1.807) is 0 Å². The van der Waals surface area contributed by atoms with Crippen LogP contribution in [0.25, 0.3) is 0 Å². The highest BCUT2D eigenvalue weighted by atomic mass is 16.7. The summed E-state index contributed by atoms with van der Waals surface area (Å²) in [5.74, 6) is 1.76. The van der Waals surface area contributed by atoms with Gasteiger partial charge in [-0.2, -0.15) is 0 Å². The van der Waals surface area contributed by atoms with Gasteiger partial charge in [0.05, 0.1) is 6.61 Å². The van der Waals surface area contributed by atoms with E-state index in [2.05, 4.69) is 29.0 Å². The van der Waals surface area contributed by atoms with E-state index in [0.29, 0.717) is 18.2 Å². The lowest BCUT2D eigenvalue weighted by atomic mass is 9.76. The van der Waals surface area contributed by atoms with Crippen molar-refractivity contribution < 1.29 is 14.2 Å². The molecule has 132 valence electrons. The van der Waals surface area contributed by atoms with Crippen LogP contribution < -0.4 is 9.47 Å². The SMILES string of the molecule is COCC1CC2(CCN(Cc3ccc4c(c3)OCO4)CC2)CN1C. The second-order valence-corrected chi connectivity index (χ2v) is 7.69. The molecule has 0 aromatic heterocycles. The first kappa shape index (κ1) is 16.2. The maximum atomic E-state index is 5.49. The number of hydrogen-bond donors (Lipinski definition) is 0. The Hall–Kier alpha value is -1.30. The first-order valence-corrected chi connectivity index (χ1v) is 8.98. The summed E-state index contributed by atoms with van der Waals surface area (Å²) in [6, 6.07) is 6.92. The van der Waals surface area contributed by atoms with Crippen molar-refractivity contribution in [2.75, 3.05) is 47.2 Å². The van der Waals surface area contributed by atoms with Crippen LogP contribution in [-0.4, -0.2) is 63.0 Å². The third-order valence-electron chi connectivity index (χ3n) is 6.00. The first-order valence-electron chi connectivity index (χ1n) is 8.98. The standard InChI is InChI=1S/C19H28N2O3/c1-20-13-19(10-16(20)12-22-2)5-7-21(8-6-19)11-15-3-4-17-18(9-15)24-14-23-17/h3-4,9,16H,5-8,10-14H2,1-2H3. The van der Waals surface area contributed by atoms with Gasteiger partial charge in [-0.1, -0.05) is 6.07 Å². The summed E-state index contributed by atoms with van der Waals surface area (Å²) < 4.78 is 16.3. The average molecular weight is 332 g/mol. The van der Waals surface area contributed by atoms with E-state index in [-0.39, 0.29) is 0 Å². The maximum Gasteiger partial charge on any atom is 0.231 e. The Morgan fingerprint density at radius 2 is 2.00 bits per heavy atom. The molecule has 5 nitrogen and oxygen atoms in total. The van der Waals surface area contributed by atoms with Crippen molar-refractivity contribution in [1.29, 1.82) is 0 Å². The van der Waals surface area contributed by atoms with E-state index >= 15 is 0 Å². The average Bonchev–Trinajstić information content (AvgIpc) is 3.15. The van der Waals surface area contributed by atoms with Crippen LogP contribution in [-0.2, 0) is 11.3 Å². The number of hydrogen-bond acceptors (Lipinski definition) is 5. The van der Waals surface area contributed by atoms with Gasteiger partial charge >= 0.3 is 0 Å². The molecule has 0 saturated carbocycles. The zero-order valence-electron chi connectivity index (χ0n) is 14.8. The van der Waals surface area contributed by atoms with Gasteiger partial charge in [0.1, 0.15) is 0 Å². The fourth-order valence-corrected chi connectivity index (χ4v) is 4.60. The minimum Gasteiger partial charge on any atom is -0.454 e. The lowest BCUT2D eigenvalue weighted by molar-refractivity contribution is 0.104. The molecule has 24 heavy (non-hydrogen) atoms. The highest BCUT2D eigenvalue weighted by Gasteiger charge is 2.43. The summed E-state index contributed by atoms with van der Waals surface area (Å²) >= 11 is 0. The zero-order valence-corrected chi connectivity index (χ0v) is 14.8. The molecular formula is C19H28N2O3. The van der Waals surface area contributed by atoms with E-state index < -0.39 is 0 Å². The molecule has 0 bridgehead atoms. The Kier molecular flexibility index (Phi) is 4.41. The van der Waals surface area contributed by atoms with Gasteiger partial charge in [-0.15, -0.1) is 0 Å². The molecule has 5 heteroatoms. The smallest absolute Gasteiger partial charge is 0.231 e. The van der Waals surface area contributed by atoms with E-state index in [9.17, 15) is 0 Å². The van der Waals surface area contributed by atoms with Crippen LogP contribution in [0.15, 0.2) is 18.2 Å². The monoisotopic (exact) mass is 332 g/mol. The second kappa shape index (κ2) is 6.54. The van der Waals surface area contributed by atoms with Crippen molar-refractivity contribution >= 4 is 0 Å². The quantitative estimate of drug-likeness (QED) is 0.845. The number of fused-ring (bicyclic) bond motifs is 1. The number of ether oxygens (including phenoxy) is 3. The summed E-state index contributed by atoms with van der Waals surface area (Å²) in [6.45, 7) is 5.80. The summed E-state index contributed by atoms with van der Waals surface area (Å²) in [5, 5.41) is 0. The van der Waals surface area contributed by atoms with E-state index in [4.69, 9.17) is 14.2 Å². The minimum absolute atomic E-state index is 0.348. The van der Waals surface area contributed by atoms with Crippen molar-refractivity contribution in [3.63, 3.8) is 0 Å². The number of rotatable bonds is 4. The third kappa shape index (κ3) is 3.13. The maximum absolute atomic E-state index is 5.49.